The highest BCUT2D eigenvalue weighted by Crippen LogP contribution is 2.30. The number of aromatic nitrogens is 2. The summed E-state index contributed by atoms with van der Waals surface area (Å²) in [4.78, 5) is 9.56. The maximum Gasteiger partial charge on any atom is 0.433 e. The minimum Gasteiger partial charge on any atom is -0.380 e. The van der Waals surface area contributed by atoms with Gasteiger partial charge in [-0.3, -0.25) is 0 Å². The fraction of sp³-hybridized carbons (Fsp3) is 0.692. The number of rotatable bonds is 4. The monoisotopic (exact) mass is 304 g/mol. The fourth-order valence-corrected chi connectivity index (χ4v) is 2.03. The summed E-state index contributed by atoms with van der Waals surface area (Å²) in [5, 5.41) is 2.82. The molecule has 1 aromatic heterocycles. The number of alkyl halides is 3. The van der Waals surface area contributed by atoms with E-state index < -0.39 is 11.9 Å². The third-order valence-electron chi connectivity index (χ3n) is 3.08. The SMILES string of the molecule is CCCNc1nc(N2CCCOCC2)cc(C(F)(F)F)n1. The van der Waals surface area contributed by atoms with Crippen molar-refractivity contribution in [3.8, 4) is 0 Å². The molecule has 0 spiro atoms. The molecule has 1 aliphatic rings. The van der Waals surface area contributed by atoms with Crippen LogP contribution in [0.3, 0.4) is 0 Å². The van der Waals surface area contributed by atoms with Crippen LogP contribution in [0.4, 0.5) is 24.9 Å². The zero-order valence-electron chi connectivity index (χ0n) is 11.9. The molecule has 1 N–H and O–H groups in total. The molecule has 1 saturated heterocycles. The van der Waals surface area contributed by atoms with Crippen molar-refractivity contribution in [3.63, 3.8) is 0 Å². The van der Waals surface area contributed by atoms with Crippen LogP contribution >= 0.6 is 0 Å². The molecule has 0 amide bonds. The largest absolute Gasteiger partial charge is 0.433 e. The van der Waals surface area contributed by atoms with Crippen molar-refractivity contribution < 1.29 is 17.9 Å². The Labute approximate surface area is 121 Å². The zero-order chi connectivity index (χ0) is 15.3. The molecule has 1 aliphatic heterocycles. The predicted octanol–water partition coefficient (Wildman–Crippen LogP) is 2.54. The molecule has 2 rings (SSSR count). The molecule has 0 aliphatic carbocycles. The Morgan fingerprint density at radius 1 is 1.29 bits per heavy atom. The molecule has 118 valence electrons. The number of ether oxygens (including phenoxy) is 1. The van der Waals surface area contributed by atoms with E-state index in [1.807, 2.05) is 6.92 Å². The second-order valence-corrected chi connectivity index (χ2v) is 4.81. The molecule has 0 aromatic carbocycles. The summed E-state index contributed by atoms with van der Waals surface area (Å²) in [7, 11) is 0. The van der Waals surface area contributed by atoms with Crippen LogP contribution in [0.2, 0.25) is 0 Å². The highest BCUT2D eigenvalue weighted by atomic mass is 19.4. The van der Waals surface area contributed by atoms with E-state index in [1.54, 1.807) is 4.90 Å². The third kappa shape index (κ3) is 4.45. The van der Waals surface area contributed by atoms with E-state index in [2.05, 4.69) is 15.3 Å². The zero-order valence-corrected chi connectivity index (χ0v) is 11.9. The Kier molecular flexibility index (Phi) is 5.22. The van der Waals surface area contributed by atoms with Crippen molar-refractivity contribution in [3.05, 3.63) is 11.8 Å². The van der Waals surface area contributed by atoms with Gasteiger partial charge in [0.1, 0.15) is 5.82 Å². The molecule has 8 heteroatoms. The standard InChI is InChI=1S/C13H19F3N4O/c1-2-4-17-12-18-10(13(14,15)16)9-11(19-12)20-5-3-7-21-8-6-20/h9H,2-8H2,1H3,(H,17,18,19). The van der Waals surface area contributed by atoms with E-state index in [0.29, 0.717) is 38.7 Å². The number of anilines is 2. The van der Waals surface area contributed by atoms with E-state index in [-0.39, 0.29) is 5.95 Å². The highest BCUT2D eigenvalue weighted by molar-refractivity contribution is 5.45. The summed E-state index contributed by atoms with van der Waals surface area (Å²) in [6, 6.07) is 1.00. The molecule has 5 nitrogen and oxygen atoms in total. The minimum atomic E-state index is -4.48. The van der Waals surface area contributed by atoms with Crippen molar-refractivity contribution in [2.75, 3.05) is 43.1 Å². The Balaban J connectivity index is 2.29. The lowest BCUT2D eigenvalue weighted by Gasteiger charge is -2.22. The lowest BCUT2D eigenvalue weighted by molar-refractivity contribution is -0.141. The second-order valence-electron chi connectivity index (χ2n) is 4.81. The van der Waals surface area contributed by atoms with Gasteiger partial charge >= 0.3 is 6.18 Å². The molecule has 0 saturated carbocycles. The van der Waals surface area contributed by atoms with Crippen molar-refractivity contribution in [1.29, 1.82) is 0 Å². The van der Waals surface area contributed by atoms with Gasteiger partial charge in [-0.2, -0.15) is 18.2 Å². The number of nitrogens with zero attached hydrogens (tertiary/aromatic N) is 3. The highest BCUT2D eigenvalue weighted by Gasteiger charge is 2.34. The van der Waals surface area contributed by atoms with Crippen LogP contribution in [0.25, 0.3) is 0 Å². The van der Waals surface area contributed by atoms with Gasteiger partial charge in [0.05, 0.1) is 6.61 Å². The average Bonchev–Trinajstić information content (AvgIpc) is 2.73. The summed E-state index contributed by atoms with van der Waals surface area (Å²) in [5.74, 6) is 0.313. The molecule has 21 heavy (non-hydrogen) atoms. The van der Waals surface area contributed by atoms with Gasteiger partial charge in [0.25, 0.3) is 0 Å². The quantitative estimate of drug-likeness (QED) is 0.926. The van der Waals surface area contributed by atoms with Gasteiger partial charge in [-0.1, -0.05) is 6.92 Å². The molecular weight excluding hydrogens is 285 g/mol. The Morgan fingerprint density at radius 2 is 2.10 bits per heavy atom. The molecule has 0 unspecified atom stereocenters. The number of hydrogen-bond acceptors (Lipinski definition) is 5. The summed E-state index contributed by atoms with van der Waals surface area (Å²) in [5.41, 5.74) is -0.920. The van der Waals surface area contributed by atoms with Crippen LogP contribution in [0.5, 0.6) is 0 Å². The molecule has 1 fully saturated rings. The molecule has 2 heterocycles. The van der Waals surface area contributed by atoms with Crippen molar-refractivity contribution in [1.82, 2.24) is 9.97 Å². The van der Waals surface area contributed by atoms with Gasteiger partial charge < -0.3 is 15.0 Å². The first-order chi connectivity index (χ1) is 10.0. The van der Waals surface area contributed by atoms with Gasteiger partial charge in [0.2, 0.25) is 5.95 Å². The smallest absolute Gasteiger partial charge is 0.380 e. The van der Waals surface area contributed by atoms with Gasteiger partial charge in [-0.15, -0.1) is 0 Å². The van der Waals surface area contributed by atoms with E-state index in [1.165, 1.54) is 0 Å². The summed E-state index contributed by atoms with van der Waals surface area (Å²) in [6.45, 7) is 4.72. The third-order valence-corrected chi connectivity index (χ3v) is 3.08. The normalized spacial score (nSPS) is 16.7. The van der Waals surface area contributed by atoms with Crippen LogP contribution in [-0.4, -0.2) is 42.8 Å². The maximum absolute atomic E-state index is 13.0. The van der Waals surface area contributed by atoms with E-state index in [9.17, 15) is 13.2 Å². The van der Waals surface area contributed by atoms with Crippen molar-refractivity contribution in [2.45, 2.75) is 25.9 Å². The number of halogens is 3. The van der Waals surface area contributed by atoms with Crippen LogP contribution in [0.1, 0.15) is 25.5 Å². The Hall–Kier alpha value is -1.57. The van der Waals surface area contributed by atoms with Crippen LogP contribution in [0, 0.1) is 0 Å². The Morgan fingerprint density at radius 3 is 2.81 bits per heavy atom. The van der Waals surface area contributed by atoms with Crippen molar-refractivity contribution in [2.24, 2.45) is 0 Å². The van der Waals surface area contributed by atoms with Gasteiger partial charge in [0, 0.05) is 32.3 Å². The topological polar surface area (TPSA) is 50.3 Å². The van der Waals surface area contributed by atoms with Gasteiger partial charge in [0.15, 0.2) is 5.69 Å². The first-order valence-corrected chi connectivity index (χ1v) is 7.03. The predicted molar refractivity (Wildman–Crippen MR) is 73.5 cm³/mol. The van der Waals surface area contributed by atoms with Gasteiger partial charge in [-0.05, 0) is 12.8 Å². The maximum atomic E-state index is 13.0. The first-order valence-electron chi connectivity index (χ1n) is 7.03. The molecule has 0 radical (unpaired) electrons. The van der Waals surface area contributed by atoms with Crippen LogP contribution in [-0.2, 0) is 10.9 Å². The fourth-order valence-electron chi connectivity index (χ4n) is 2.03. The number of hydrogen-bond donors (Lipinski definition) is 1. The summed E-state index contributed by atoms with van der Waals surface area (Å²) in [6.07, 6.45) is -2.93. The average molecular weight is 304 g/mol. The van der Waals surface area contributed by atoms with E-state index in [0.717, 1.165) is 18.9 Å². The second kappa shape index (κ2) is 6.93. The van der Waals surface area contributed by atoms with Crippen molar-refractivity contribution >= 4 is 11.8 Å². The molecular formula is C13H19F3N4O. The van der Waals surface area contributed by atoms with Gasteiger partial charge in [-0.25, -0.2) is 4.98 Å². The Bertz CT molecular complexity index is 459. The van der Waals surface area contributed by atoms with Crippen LogP contribution < -0.4 is 10.2 Å². The van der Waals surface area contributed by atoms with Crippen LogP contribution in [0.15, 0.2) is 6.07 Å². The lowest BCUT2D eigenvalue weighted by Crippen LogP contribution is -2.28. The number of nitrogens with one attached hydrogen (secondary N) is 1. The van der Waals surface area contributed by atoms with E-state index in [4.69, 9.17) is 4.74 Å². The lowest BCUT2D eigenvalue weighted by atomic mass is 10.3. The van der Waals surface area contributed by atoms with E-state index >= 15 is 0 Å². The summed E-state index contributed by atoms with van der Waals surface area (Å²) < 4.78 is 44.2. The molecule has 1 aromatic rings. The minimum absolute atomic E-state index is 0.0202. The molecule has 0 atom stereocenters. The molecule has 0 bridgehead atoms. The summed E-state index contributed by atoms with van der Waals surface area (Å²) >= 11 is 0. The first kappa shape index (κ1) is 15.8.